The quantitative estimate of drug-likeness (QED) is 0.0460. The summed E-state index contributed by atoms with van der Waals surface area (Å²) in [5.41, 5.74) is 4.90. The Kier molecular flexibility index (Phi) is 19.8. The minimum Gasteiger partial charge on any atom is -0.450 e. The number of primary amides is 1. The number of aliphatic hydroxyl groups is 8. The third-order valence-corrected chi connectivity index (χ3v) is 7.60. The van der Waals surface area contributed by atoms with Gasteiger partial charge in [0.2, 0.25) is 17.7 Å². The highest BCUT2D eigenvalue weighted by atomic mass is 16.7. The monoisotopic (exact) mass is 729 g/mol. The van der Waals surface area contributed by atoms with Gasteiger partial charge in [-0.05, 0) is 19.3 Å². The van der Waals surface area contributed by atoms with E-state index in [2.05, 4.69) is 20.7 Å². The van der Waals surface area contributed by atoms with Crippen molar-refractivity contribution in [3.63, 3.8) is 0 Å². The van der Waals surface area contributed by atoms with Crippen molar-refractivity contribution in [1.82, 2.24) is 20.9 Å². The third kappa shape index (κ3) is 14.8. The van der Waals surface area contributed by atoms with Crippen LogP contribution in [0.2, 0.25) is 0 Å². The molecule has 4 amide bonds. The second kappa shape index (κ2) is 22.9. The van der Waals surface area contributed by atoms with Crippen LogP contribution in [0.4, 0.5) is 4.79 Å². The molecule has 2 aliphatic heterocycles. The zero-order valence-electron chi connectivity index (χ0n) is 27.4. The molecule has 0 aromatic carbocycles. The number of rotatable bonds is 22. The fourth-order valence-corrected chi connectivity index (χ4v) is 4.89. The summed E-state index contributed by atoms with van der Waals surface area (Å²) in [4.78, 5) is 49.8. The predicted octanol–water partition coefficient (Wildman–Crippen LogP) is -7.46. The van der Waals surface area contributed by atoms with E-state index in [0.29, 0.717) is 19.3 Å². The van der Waals surface area contributed by atoms with Gasteiger partial charge in [0.15, 0.2) is 12.6 Å². The topological polar surface area (TPSA) is 342 Å². The van der Waals surface area contributed by atoms with Crippen molar-refractivity contribution in [3.05, 3.63) is 0 Å². The van der Waals surface area contributed by atoms with Crippen molar-refractivity contribution in [2.75, 3.05) is 72.3 Å². The van der Waals surface area contributed by atoms with Gasteiger partial charge in [0.05, 0.1) is 52.7 Å². The number of nitrogens with two attached hydrogens (primary N) is 1. The molecule has 10 atom stereocenters. The van der Waals surface area contributed by atoms with Gasteiger partial charge in [0.25, 0.3) is 0 Å². The van der Waals surface area contributed by atoms with Gasteiger partial charge in [-0.3, -0.25) is 19.3 Å². The Balaban J connectivity index is 1.83. The van der Waals surface area contributed by atoms with Crippen LogP contribution in [0.1, 0.15) is 19.3 Å². The van der Waals surface area contributed by atoms with E-state index in [9.17, 15) is 60.0 Å². The van der Waals surface area contributed by atoms with Gasteiger partial charge >= 0.3 is 6.09 Å². The maximum atomic E-state index is 12.7. The molecule has 0 aliphatic carbocycles. The van der Waals surface area contributed by atoms with Crippen LogP contribution in [0.3, 0.4) is 0 Å². The number of amides is 4. The first kappa shape index (κ1) is 43.3. The molecule has 0 aromatic heterocycles. The van der Waals surface area contributed by atoms with Crippen molar-refractivity contribution in [1.29, 1.82) is 0 Å². The second-order valence-corrected chi connectivity index (χ2v) is 11.6. The lowest BCUT2D eigenvalue weighted by Crippen LogP contribution is -2.59. The Morgan fingerprint density at radius 1 is 0.580 bits per heavy atom. The van der Waals surface area contributed by atoms with Gasteiger partial charge in [-0.15, -0.1) is 0 Å². The molecule has 50 heavy (non-hydrogen) atoms. The number of hydrogen-bond donors (Lipinski definition) is 12. The molecule has 2 fully saturated rings. The molecule has 0 aromatic rings. The lowest BCUT2D eigenvalue weighted by Gasteiger charge is -2.39. The Labute approximate surface area is 287 Å². The van der Waals surface area contributed by atoms with Crippen molar-refractivity contribution in [3.8, 4) is 0 Å². The fraction of sp³-hybridized carbons (Fsp3) is 0.857. The van der Waals surface area contributed by atoms with Crippen molar-refractivity contribution >= 4 is 23.8 Å². The van der Waals surface area contributed by atoms with E-state index in [0.717, 1.165) is 0 Å². The van der Waals surface area contributed by atoms with Gasteiger partial charge in [0, 0.05) is 19.6 Å². The van der Waals surface area contributed by atoms with Crippen molar-refractivity contribution < 1.29 is 83.7 Å². The summed E-state index contributed by atoms with van der Waals surface area (Å²) in [6.07, 6.45) is -14.0. The largest absolute Gasteiger partial charge is 0.450 e. The first-order valence-electron chi connectivity index (χ1n) is 16.1. The number of ether oxygens (including phenoxy) is 5. The van der Waals surface area contributed by atoms with Crippen molar-refractivity contribution in [2.45, 2.75) is 80.7 Å². The molecule has 2 rings (SSSR count). The number of nitrogens with zero attached hydrogens (tertiary/aromatic N) is 1. The van der Waals surface area contributed by atoms with Crippen LogP contribution in [-0.4, -0.2) is 203 Å². The van der Waals surface area contributed by atoms with E-state index in [-0.39, 0.29) is 46.0 Å². The summed E-state index contributed by atoms with van der Waals surface area (Å²) in [6, 6.07) is 0. The van der Waals surface area contributed by atoms with Crippen LogP contribution >= 0.6 is 0 Å². The molecule has 0 spiro atoms. The molecular weight excluding hydrogens is 678 g/mol. The number of carbonyl (C=O) groups excluding carboxylic acids is 4. The van der Waals surface area contributed by atoms with Crippen LogP contribution in [0, 0.1) is 0 Å². The molecule has 13 N–H and O–H groups in total. The average molecular weight is 730 g/mol. The van der Waals surface area contributed by atoms with Crippen molar-refractivity contribution in [2.24, 2.45) is 5.73 Å². The molecule has 2 heterocycles. The van der Waals surface area contributed by atoms with Gasteiger partial charge in [0.1, 0.15) is 48.8 Å². The third-order valence-electron chi connectivity index (χ3n) is 7.60. The molecule has 0 bridgehead atoms. The summed E-state index contributed by atoms with van der Waals surface area (Å²) in [7, 11) is 0. The molecule has 2 saturated heterocycles. The zero-order chi connectivity index (χ0) is 37.2. The fourth-order valence-electron chi connectivity index (χ4n) is 4.89. The summed E-state index contributed by atoms with van der Waals surface area (Å²) in [6.45, 7) is -2.71. The zero-order valence-corrected chi connectivity index (χ0v) is 27.4. The lowest BCUT2D eigenvalue weighted by atomic mass is 9.99. The maximum absolute atomic E-state index is 12.7. The van der Waals surface area contributed by atoms with Crippen LogP contribution in [-0.2, 0) is 38.1 Å². The van der Waals surface area contributed by atoms with Crippen LogP contribution in [0.15, 0.2) is 0 Å². The summed E-state index contributed by atoms with van der Waals surface area (Å²) in [5.74, 6) is -1.71. The summed E-state index contributed by atoms with van der Waals surface area (Å²) >= 11 is 0. The molecule has 290 valence electrons. The summed E-state index contributed by atoms with van der Waals surface area (Å²) in [5, 5.41) is 85.9. The van der Waals surface area contributed by atoms with Crippen LogP contribution in [0.25, 0.3) is 0 Å². The Morgan fingerprint density at radius 3 is 1.40 bits per heavy atom. The Hall–Kier alpha value is -2.84. The first-order chi connectivity index (χ1) is 23.8. The molecule has 0 unspecified atom stereocenters. The minimum atomic E-state index is -1.64. The lowest BCUT2D eigenvalue weighted by molar-refractivity contribution is -0.300. The van der Waals surface area contributed by atoms with Gasteiger partial charge in [-0.2, -0.15) is 0 Å². The molecule has 22 heteroatoms. The number of carbonyl (C=O) groups is 4. The summed E-state index contributed by atoms with van der Waals surface area (Å²) < 4.78 is 25.8. The highest BCUT2D eigenvalue weighted by Gasteiger charge is 2.45. The van der Waals surface area contributed by atoms with Gasteiger partial charge < -0.3 is 86.2 Å². The number of hydrogen-bond acceptors (Lipinski definition) is 18. The number of unbranched alkanes of at least 4 members (excludes halogenated alkanes) is 2. The Morgan fingerprint density at radius 2 is 1.00 bits per heavy atom. The average Bonchev–Trinajstić information content (AvgIpc) is 3.07. The molecule has 0 radical (unpaired) electrons. The van der Waals surface area contributed by atoms with E-state index in [1.807, 2.05) is 0 Å². The number of aliphatic hydroxyl groups excluding tert-OH is 8. The van der Waals surface area contributed by atoms with E-state index >= 15 is 0 Å². The minimum absolute atomic E-state index is 0.116. The molecule has 2 aliphatic rings. The highest BCUT2D eigenvalue weighted by Crippen LogP contribution is 2.22. The van der Waals surface area contributed by atoms with Gasteiger partial charge in [-0.1, -0.05) is 0 Å². The van der Waals surface area contributed by atoms with E-state index < -0.39 is 112 Å². The normalized spacial score (nSPS) is 29.7. The smallest absolute Gasteiger partial charge is 0.404 e. The molecular formula is C28H51N5O17. The van der Waals surface area contributed by atoms with E-state index in [4.69, 9.17) is 24.7 Å². The van der Waals surface area contributed by atoms with E-state index in [1.165, 1.54) is 4.90 Å². The van der Waals surface area contributed by atoms with Crippen LogP contribution in [0.5, 0.6) is 0 Å². The number of nitrogens with one attached hydrogen (secondary N) is 3. The Bertz CT molecular complexity index is 984. The standard InChI is InChI=1S/C28H51N5O17/c29-28(45)48-7-3-1-2-4-30-17(36)10-33(11-18(37)31-5-8-46-26-24(43)22(41)20(39)15(13-34)49-26)12-19(38)32-6-9-47-27-25(44)23(42)21(40)16(14-35)50-27/h15-16,20-27,34-35,39-44H,1-14H2,(H2,29,45)(H,30,36)(H,31,37)(H,32,38)/t15-,16-,20-,21-,22+,23+,24+,25+,26+,27+/m1/s1. The highest BCUT2D eigenvalue weighted by molar-refractivity contribution is 5.84. The van der Waals surface area contributed by atoms with Gasteiger partial charge in [-0.25, -0.2) is 4.79 Å². The van der Waals surface area contributed by atoms with Crippen LogP contribution < -0.4 is 21.7 Å². The predicted molar refractivity (Wildman–Crippen MR) is 164 cm³/mol. The molecule has 22 nitrogen and oxygen atoms in total. The SMILES string of the molecule is NC(=O)OCCCCCNC(=O)CN(CC(=O)NCCO[C@H]1O[C@H](CO)[C@@H](O)[C@H](O)[C@@H]1O)CC(=O)NCCO[C@H]1O[C@H](CO)[C@@H](O)[C@H](O)[C@@H]1O. The maximum Gasteiger partial charge on any atom is 0.404 e. The van der Waals surface area contributed by atoms with E-state index in [1.54, 1.807) is 0 Å². The molecule has 0 saturated carbocycles. The first-order valence-corrected chi connectivity index (χ1v) is 16.1. The second-order valence-electron chi connectivity index (χ2n) is 11.6.